The molecule has 1 N–H and O–H groups in total. The van der Waals surface area contributed by atoms with Crippen LogP contribution in [0.2, 0.25) is 0 Å². The molecule has 0 atom stereocenters. The van der Waals surface area contributed by atoms with Gasteiger partial charge in [0.15, 0.2) is 5.65 Å². The Kier molecular flexibility index (Phi) is 2.70. The number of nitrogens with one attached hydrogen (secondary N) is 1. The normalized spacial score (nSPS) is 13.7. The van der Waals surface area contributed by atoms with Gasteiger partial charge >= 0.3 is 0 Å². The molecule has 0 saturated carbocycles. The Bertz CT molecular complexity index is 817. The highest BCUT2D eigenvalue weighted by Crippen LogP contribution is 2.31. The van der Waals surface area contributed by atoms with Crippen LogP contribution in [0, 0.1) is 0 Å². The molecule has 2 aromatic heterocycles. The van der Waals surface area contributed by atoms with Crippen molar-refractivity contribution in [3.63, 3.8) is 0 Å². The lowest BCUT2D eigenvalue weighted by molar-refractivity contribution is 0.619. The molecule has 0 unspecified atom stereocenters. The largest absolute Gasteiger partial charge is 0.384 e. The number of nitrogens with zero attached hydrogens (tertiary/aromatic N) is 3. The van der Waals surface area contributed by atoms with Gasteiger partial charge in [0, 0.05) is 30.0 Å². The lowest BCUT2D eigenvalue weighted by atomic mass is 10.1. The fourth-order valence-corrected chi connectivity index (χ4v) is 3.07. The number of rotatable bonds is 2. The van der Waals surface area contributed by atoms with E-state index < -0.39 is 0 Å². The number of hydrogen-bond donors (Lipinski definition) is 1. The van der Waals surface area contributed by atoms with Gasteiger partial charge in [-0.05, 0) is 56.2 Å². The van der Waals surface area contributed by atoms with Crippen LogP contribution in [0.4, 0.5) is 5.69 Å². The zero-order valence-electron chi connectivity index (χ0n) is 12.3. The zero-order chi connectivity index (χ0) is 14.4. The van der Waals surface area contributed by atoms with Gasteiger partial charge in [-0.25, -0.2) is 9.97 Å². The van der Waals surface area contributed by atoms with Gasteiger partial charge in [0.05, 0.1) is 0 Å². The van der Waals surface area contributed by atoms with Crippen LogP contribution in [0.3, 0.4) is 0 Å². The molecule has 1 aliphatic rings. The van der Waals surface area contributed by atoms with Crippen molar-refractivity contribution in [2.24, 2.45) is 0 Å². The summed E-state index contributed by atoms with van der Waals surface area (Å²) >= 11 is 0. The maximum absolute atomic E-state index is 4.81. The van der Waals surface area contributed by atoms with Crippen molar-refractivity contribution in [3.8, 4) is 11.4 Å². The molecule has 1 aromatic carbocycles. The highest BCUT2D eigenvalue weighted by molar-refractivity contribution is 5.78. The van der Waals surface area contributed by atoms with E-state index in [2.05, 4.69) is 46.9 Å². The Morgan fingerprint density at radius 3 is 3.00 bits per heavy atom. The van der Waals surface area contributed by atoms with Gasteiger partial charge in [-0.2, -0.15) is 0 Å². The topological polar surface area (TPSA) is 42.7 Å². The van der Waals surface area contributed by atoms with Crippen molar-refractivity contribution in [2.75, 3.05) is 11.9 Å². The number of aromatic nitrogens is 3. The van der Waals surface area contributed by atoms with Gasteiger partial charge in [-0.15, -0.1) is 0 Å². The minimum atomic E-state index is 0.325. The van der Waals surface area contributed by atoms with Gasteiger partial charge in [0.25, 0.3) is 0 Å². The predicted octanol–water partition coefficient (Wildman–Crippen LogP) is 3.65. The first-order valence-electron chi connectivity index (χ1n) is 7.44. The van der Waals surface area contributed by atoms with E-state index in [-0.39, 0.29) is 0 Å². The number of benzene rings is 1. The summed E-state index contributed by atoms with van der Waals surface area (Å²) in [7, 11) is 0. The van der Waals surface area contributed by atoms with Gasteiger partial charge < -0.3 is 9.88 Å². The van der Waals surface area contributed by atoms with E-state index in [1.807, 2.05) is 18.3 Å². The van der Waals surface area contributed by atoms with Crippen LogP contribution >= 0.6 is 0 Å². The molecule has 0 aliphatic carbocycles. The minimum Gasteiger partial charge on any atom is -0.384 e. The molecule has 1 aliphatic heterocycles. The molecule has 4 rings (SSSR count). The van der Waals surface area contributed by atoms with E-state index in [0.717, 1.165) is 30.0 Å². The first-order chi connectivity index (χ1) is 10.2. The molecule has 3 aromatic rings. The van der Waals surface area contributed by atoms with Gasteiger partial charge in [-0.3, -0.25) is 0 Å². The molecule has 0 saturated heterocycles. The molecule has 0 fully saturated rings. The first kappa shape index (κ1) is 12.4. The molecule has 106 valence electrons. The monoisotopic (exact) mass is 278 g/mol. The van der Waals surface area contributed by atoms with Gasteiger partial charge in [0.2, 0.25) is 0 Å². The van der Waals surface area contributed by atoms with E-state index in [1.165, 1.54) is 16.8 Å². The van der Waals surface area contributed by atoms with Crippen molar-refractivity contribution in [2.45, 2.75) is 26.3 Å². The van der Waals surface area contributed by atoms with Crippen molar-refractivity contribution in [1.29, 1.82) is 0 Å². The molecule has 3 heterocycles. The van der Waals surface area contributed by atoms with Crippen LogP contribution in [0.5, 0.6) is 0 Å². The maximum Gasteiger partial charge on any atom is 0.160 e. The molecular formula is C17H18N4. The fourth-order valence-electron chi connectivity index (χ4n) is 3.07. The molecule has 4 heteroatoms. The standard InChI is InChI=1S/C17H18N4/c1-11(2)21-16(20-15-4-3-8-19-17(15)21)13-5-6-14-12(10-13)7-9-18-14/h3-6,8,10-11,18H,7,9H2,1-2H3. The molecule has 21 heavy (non-hydrogen) atoms. The fraction of sp³-hybridized carbons (Fsp3) is 0.294. The number of fused-ring (bicyclic) bond motifs is 2. The molecule has 4 nitrogen and oxygen atoms in total. The van der Waals surface area contributed by atoms with E-state index in [4.69, 9.17) is 4.98 Å². The van der Waals surface area contributed by atoms with Crippen LogP contribution < -0.4 is 5.32 Å². The highest BCUT2D eigenvalue weighted by atomic mass is 15.1. The Morgan fingerprint density at radius 1 is 1.24 bits per heavy atom. The summed E-state index contributed by atoms with van der Waals surface area (Å²) in [5.41, 5.74) is 5.72. The first-order valence-corrected chi connectivity index (χ1v) is 7.44. The smallest absolute Gasteiger partial charge is 0.160 e. The highest BCUT2D eigenvalue weighted by Gasteiger charge is 2.17. The van der Waals surface area contributed by atoms with Gasteiger partial charge in [0.1, 0.15) is 11.3 Å². The summed E-state index contributed by atoms with van der Waals surface area (Å²) < 4.78 is 2.22. The van der Waals surface area contributed by atoms with E-state index >= 15 is 0 Å². The third-order valence-electron chi connectivity index (χ3n) is 4.04. The summed E-state index contributed by atoms with van der Waals surface area (Å²) in [6.45, 7) is 5.38. The Morgan fingerprint density at radius 2 is 2.14 bits per heavy atom. The third kappa shape index (κ3) is 1.90. The summed E-state index contributed by atoms with van der Waals surface area (Å²) in [6.07, 6.45) is 2.92. The van der Waals surface area contributed by atoms with E-state index in [0.29, 0.717) is 6.04 Å². The molecular weight excluding hydrogens is 260 g/mol. The maximum atomic E-state index is 4.81. The second kappa shape index (κ2) is 4.58. The Hall–Kier alpha value is -2.36. The molecule has 0 amide bonds. The second-order valence-electron chi connectivity index (χ2n) is 5.79. The third-order valence-corrected chi connectivity index (χ3v) is 4.04. The van der Waals surface area contributed by atoms with Crippen LogP contribution in [-0.2, 0) is 6.42 Å². The SMILES string of the molecule is CC(C)n1c(-c2ccc3c(c2)CCN3)nc2cccnc21. The number of pyridine rings is 1. The minimum absolute atomic E-state index is 0.325. The lowest BCUT2D eigenvalue weighted by Gasteiger charge is -2.13. The number of imidazole rings is 1. The Labute approximate surface area is 123 Å². The molecule has 0 spiro atoms. The van der Waals surface area contributed by atoms with Crippen LogP contribution in [0.25, 0.3) is 22.6 Å². The number of anilines is 1. The summed E-state index contributed by atoms with van der Waals surface area (Å²) in [5, 5.41) is 3.40. The van der Waals surface area contributed by atoms with Crippen molar-refractivity contribution in [1.82, 2.24) is 14.5 Å². The van der Waals surface area contributed by atoms with Crippen molar-refractivity contribution < 1.29 is 0 Å². The van der Waals surface area contributed by atoms with E-state index in [9.17, 15) is 0 Å². The average molecular weight is 278 g/mol. The van der Waals surface area contributed by atoms with Gasteiger partial charge in [-0.1, -0.05) is 0 Å². The van der Waals surface area contributed by atoms with Crippen LogP contribution in [0.15, 0.2) is 36.5 Å². The quantitative estimate of drug-likeness (QED) is 0.778. The van der Waals surface area contributed by atoms with Crippen LogP contribution in [0.1, 0.15) is 25.5 Å². The van der Waals surface area contributed by atoms with Crippen molar-refractivity contribution in [3.05, 3.63) is 42.1 Å². The summed E-state index contributed by atoms with van der Waals surface area (Å²) in [6, 6.07) is 10.9. The lowest BCUT2D eigenvalue weighted by Crippen LogP contribution is -2.04. The summed E-state index contributed by atoms with van der Waals surface area (Å²) in [4.78, 5) is 9.32. The predicted molar refractivity (Wildman–Crippen MR) is 85.5 cm³/mol. The Balaban J connectivity index is 1.95. The molecule has 0 bridgehead atoms. The zero-order valence-corrected chi connectivity index (χ0v) is 12.3. The van der Waals surface area contributed by atoms with Crippen LogP contribution in [-0.4, -0.2) is 21.1 Å². The number of hydrogen-bond acceptors (Lipinski definition) is 3. The molecule has 0 radical (unpaired) electrons. The average Bonchev–Trinajstić information content (AvgIpc) is 3.10. The van der Waals surface area contributed by atoms with Crippen molar-refractivity contribution >= 4 is 16.9 Å². The second-order valence-corrected chi connectivity index (χ2v) is 5.79. The summed E-state index contributed by atoms with van der Waals surface area (Å²) in [5.74, 6) is 1.01. The van der Waals surface area contributed by atoms with E-state index in [1.54, 1.807) is 0 Å².